The predicted octanol–water partition coefficient (Wildman–Crippen LogP) is 5.66. The van der Waals surface area contributed by atoms with Gasteiger partial charge in [-0.3, -0.25) is 14.5 Å². The Morgan fingerprint density at radius 2 is 1.54 bits per heavy atom. The smallest absolute Gasteiger partial charge is 0.411 e. The highest BCUT2D eigenvalue weighted by Gasteiger charge is 2.57. The monoisotopic (exact) mass is 518 g/mol. The van der Waals surface area contributed by atoms with Gasteiger partial charge in [-0.05, 0) is 41.9 Å². The second-order valence-electron chi connectivity index (χ2n) is 11.6. The lowest BCUT2D eigenvalue weighted by molar-refractivity contribution is -0.122. The van der Waals surface area contributed by atoms with Crippen molar-refractivity contribution in [2.45, 2.75) is 57.4 Å². The Balaban J connectivity index is 1.58. The van der Waals surface area contributed by atoms with Crippen molar-refractivity contribution in [3.8, 4) is 0 Å². The summed E-state index contributed by atoms with van der Waals surface area (Å²) >= 11 is 0. The summed E-state index contributed by atoms with van der Waals surface area (Å²) in [6.45, 7) is 11.0. The first-order chi connectivity index (χ1) is 17.5. The number of rotatable bonds is 5. The molecule has 194 valence electrons. The van der Waals surface area contributed by atoms with Gasteiger partial charge in [0.15, 0.2) is 0 Å². The summed E-state index contributed by atoms with van der Waals surface area (Å²) in [7, 11) is -2.24. The SMILES string of the molecule is CC(C)(C)[Si](C)(C)OC1=C[C@@H](N2C(=O)OC[C@H]2c2ccccc2)[C@H]2C(=O)N(c3ccccc3)C(=O)[C@H]2C1. The second-order valence-corrected chi connectivity index (χ2v) is 16.3. The molecule has 2 saturated heterocycles. The van der Waals surface area contributed by atoms with Crippen LogP contribution in [0, 0.1) is 11.8 Å². The van der Waals surface area contributed by atoms with Gasteiger partial charge in [0.2, 0.25) is 20.1 Å². The molecule has 0 saturated carbocycles. The lowest BCUT2D eigenvalue weighted by atomic mass is 9.79. The molecule has 2 heterocycles. The van der Waals surface area contributed by atoms with Gasteiger partial charge < -0.3 is 9.16 Å². The van der Waals surface area contributed by atoms with Crippen molar-refractivity contribution in [3.63, 3.8) is 0 Å². The molecule has 4 atom stereocenters. The molecule has 0 spiro atoms. The predicted molar refractivity (Wildman–Crippen MR) is 143 cm³/mol. The van der Waals surface area contributed by atoms with Crippen molar-refractivity contribution in [1.82, 2.24) is 4.90 Å². The molecule has 0 radical (unpaired) electrons. The third-order valence-electron chi connectivity index (χ3n) is 8.25. The Bertz CT molecular complexity index is 1240. The average molecular weight is 519 g/mol. The van der Waals surface area contributed by atoms with E-state index in [9.17, 15) is 14.4 Å². The number of para-hydroxylation sites is 1. The molecule has 37 heavy (non-hydrogen) atoms. The zero-order valence-corrected chi connectivity index (χ0v) is 23.0. The van der Waals surface area contributed by atoms with Crippen LogP contribution in [0.15, 0.2) is 72.5 Å². The van der Waals surface area contributed by atoms with E-state index in [-0.39, 0.29) is 29.5 Å². The number of allylic oxidation sites excluding steroid dienone is 1. The molecule has 0 bridgehead atoms. The number of anilines is 1. The minimum absolute atomic E-state index is 0.0507. The third kappa shape index (κ3) is 4.37. The summed E-state index contributed by atoms with van der Waals surface area (Å²) in [4.78, 5) is 43.7. The van der Waals surface area contributed by atoms with Gasteiger partial charge >= 0.3 is 6.09 Å². The van der Waals surface area contributed by atoms with E-state index in [1.165, 1.54) is 4.90 Å². The Hall–Kier alpha value is -3.39. The summed E-state index contributed by atoms with van der Waals surface area (Å²) in [6, 6.07) is 17.6. The lowest BCUT2D eigenvalue weighted by Crippen LogP contribution is -2.49. The molecule has 0 N–H and O–H groups in total. The summed E-state index contributed by atoms with van der Waals surface area (Å²) < 4.78 is 12.2. The molecule has 0 aromatic heterocycles. The molecule has 3 amide bonds. The fraction of sp³-hybridized carbons (Fsp3) is 0.414. The molecule has 3 aliphatic rings. The zero-order valence-electron chi connectivity index (χ0n) is 22.0. The fourth-order valence-corrected chi connectivity index (χ4v) is 6.37. The van der Waals surface area contributed by atoms with Crippen LogP contribution in [0.3, 0.4) is 0 Å². The molecule has 2 fully saturated rings. The minimum Gasteiger partial charge on any atom is -0.547 e. The highest BCUT2D eigenvalue weighted by atomic mass is 28.4. The number of amides is 3. The number of ether oxygens (including phenoxy) is 1. The fourth-order valence-electron chi connectivity index (χ4n) is 5.26. The van der Waals surface area contributed by atoms with Crippen LogP contribution in [0.4, 0.5) is 10.5 Å². The molecule has 8 heteroatoms. The molecular formula is C29H34N2O5Si. The van der Waals surface area contributed by atoms with Gasteiger partial charge in [-0.2, -0.15) is 0 Å². The highest BCUT2D eigenvalue weighted by Crippen LogP contribution is 2.47. The third-order valence-corrected chi connectivity index (χ3v) is 12.6. The largest absolute Gasteiger partial charge is 0.547 e. The topological polar surface area (TPSA) is 76.2 Å². The summed E-state index contributed by atoms with van der Waals surface area (Å²) in [5, 5.41) is -0.0507. The second kappa shape index (κ2) is 9.17. The number of hydrogen-bond acceptors (Lipinski definition) is 5. The molecule has 0 unspecified atom stereocenters. The number of cyclic esters (lactones) is 1. The van der Waals surface area contributed by atoms with Crippen molar-refractivity contribution in [3.05, 3.63) is 78.1 Å². The molecule has 2 aromatic rings. The van der Waals surface area contributed by atoms with Gasteiger partial charge in [0, 0.05) is 6.42 Å². The van der Waals surface area contributed by atoms with E-state index in [4.69, 9.17) is 9.16 Å². The summed E-state index contributed by atoms with van der Waals surface area (Å²) in [5.41, 5.74) is 1.47. The molecule has 7 nitrogen and oxygen atoms in total. The van der Waals surface area contributed by atoms with E-state index in [1.807, 2.05) is 54.6 Å². The van der Waals surface area contributed by atoms with Crippen molar-refractivity contribution in [2.24, 2.45) is 11.8 Å². The maximum Gasteiger partial charge on any atom is 0.411 e. The number of nitrogens with zero attached hydrogens (tertiary/aromatic N) is 2. The Morgan fingerprint density at radius 3 is 2.16 bits per heavy atom. The van der Waals surface area contributed by atoms with Crippen LogP contribution >= 0.6 is 0 Å². The first kappa shape index (κ1) is 25.3. The quantitative estimate of drug-likeness (QED) is 0.377. The minimum atomic E-state index is -2.24. The zero-order chi connectivity index (χ0) is 26.5. The van der Waals surface area contributed by atoms with Crippen molar-refractivity contribution in [1.29, 1.82) is 0 Å². The average Bonchev–Trinajstić information content (AvgIpc) is 3.36. The van der Waals surface area contributed by atoms with Crippen LogP contribution in [0.2, 0.25) is 18.1 Å². The number of imide groups is 1. The van der Waals surface area contributed by atoms with Crippen LogP contribution in [0.25, 0.3) is 0 Å². The van der Waals surface area contributed by atoms with Crippen LogP contribution in [0.1, 0.15) is 38.8 Å². The highest BCUT2D eigenvalue weighted by molar-refractivity contribution is 6.74. The van der Waals surface area contributed by atoms with Crippen molar-refractivity contribution in [2.75, 3.05) is 11.5 Å². The number of benzene rings is 2. The van der Waals surface area contributed by atoms with E-state index < -0.39 is 32.3 Å². The maximum atomic E-state index is 13.9. The van der Waals surface area contributed by atoms with Crippen molar-refractivity contribution >= 4 is 31.9 Å². The van der Waals surface area contributed by atoms with E-state index >= 15 is 0 Å². The normalized spacial score (nSPS) is 26.2. The van der Waals surface area contributed by atoms with Crippen LogP contribution in [-0.2, 0) is 18.8 Å². The number of fused-ring (bicyclic) bond motifs is 1. The molecular weight excluding hydrogens is 484 g/mol. The molecule has 5 rings (SSSR count). The van der Waals surface area contributed by atoms with Gasteiger partial charge in [-0.25, -0.2) is 9.69 Å². The standard InChI is InChI=1S/C29H34N2O5Si/c1-29(2,3)37(4,5)36-21-16-22-25(27(33)30(26(22)32)20-14-10-7-11-15-20)23(17-21)31-24(18-35-28(31)34)19-12-8-6-9-13-19/h6-15,17,22-25H,16,18H2,1-5H3/t22-,23+,24-,25-/m0/s1. The Morgan fingerprint density at radius 1 is 0.919 bits per heavy atom. The molecule has 1 aliphatic carbocycles. The van der Waals surface area contributed by atoms with E-state index in [1.54, 1.807) is 17.0 Å². The van der Waals surface area contributed by atoms with Crippen LogP contribution in [-0.4, -0.2) is 43.8 Å². The van der Waals surface area contributed by atoms with Gasteiger partial charge in [0.05, 0.1) is 35.4 Å². The number of hydrogen-bond donors (Lipinski definition) is 0. The van der Waals surface area contributed by atoms with Gasteiger partial charge in [0.1, 0.15) is 6.61 Å². The molecule has 2 aromatic carbocycles. The van der Waals surface area contributed by atoms with Gasteiger partial charge in [-0.1, -0.05) is 69.3 Å². The van der Waals surface area contributed by atoms with E-state index in [2.05, 4.69) is 33.9 Å². The Labute approximate surface area is 219 Å². The number of carbonyl (C=O) groups is 3. The Kier molecular flexibility index (Phi) is 6.26. The first-order valence-corrected chi connectivity index (χ1v) is 15.7. The molecule has 2 aliphatic heterocycles. The summed E-state index contributed by atoms with van der Waals surface area (Å²) in [5.74, 6) is -1.19. The van der Waals surface area contributed by atoms with E-state index in [0.29, 0.717) is 17.9 Å². The van der Waals surface area contributed by atoms with Gasteiger partial charge in [-0.15, -0.1) is 0 Å². The lowest BCUT2D eigenvalue weighted by Gasteiger charge is -2.41. The van der Waals surface area contributed by atoms with Crippen molar-refractivity contribution < 1.29 is 23.5 Å². The maximum absolute atomic E-state index is 13.9. The summed E-state index contributed by atoms with van der Waals surface area (Å²) in [6.07, 6.45) is 1.76. The van der Waals surface area contributed by atoms with Crippen LogP contribution < -0.4 is 4.90 Å². The van der Waals surface area contributed by atoms with E-state index in [0.717, 1.165) is 5.56 Å². The van der Waals surface area contributed by atoms with Crippen LogP contribution in [0.5, 0.6) is 0 Å². The number of carbonyl (C=O) groups excluding carboxylic acids is 3. The first-order valence-electron chi connectivity index (χ1n) is 12.8. The van der Waals surface area contributed by atoms with Gasteiger partial charge in [0.25, 0.3) is 0 Å².